The smallest absolute Gasteiger partial charge is 0.412 e. The van der Waals surface area contributed by atoms with Crippen LogP contribution in [0, 0.1) is 0 Å². The van der Waals surface area contributed by atoms with E-state index in [1.165, 1.54) is 37.4 Å². The number of ether oxygens (including phenoxy) is 2. The van der Waals surface area contributed by atoms with Crippen molar-refractivity contribution in [2.75, 3.05) is 17.7 Å². The van der Waals surface area contributed by atoms with Crippen LogP contribution in [0.25, 0.3) is 0 Å². The van der Waals surface area contributed by atoms with Crippen LogP contribution >= 0.6 is 0 Å². The van der Waals surface area contributed by atoms with E-state index in [2.05, 4.69) is 15.4 Å². The summed E-state index contributed by atoms with van der Waals surface area (Å²) in [6.07, 6.45) is 0.966. The summed E-state index contributed by atoms with van der Waals surface area (Å²) in [4.78, 5) is 24.9. The summed E-state index contributed by atoms with van der Waals surface area (Å²) in [6, 6.07) is 10.5. The van der Waals surface area contributed by atoms with Crippen LogP contribution in [0.4, 0.5) is 16.2 Å². The van der Waals surface area contributed by atoms with Gasteiger partial charge in [0.25, 0.3) is 5.91 Å². The van der Waals surface area contributed by atoms with Crippen molar-refractivity contribution in [3.05, 3.63) is 48.0 Å². The molecule has 0 spiro atoms. The fourth-order valence-corrected chi connectivity index (χ4v) is 4.14. The molecule has 1 aliphatic rings. The Balaban J connectivity index is 1.76. The van der Waals surface area contributed by atoms with Crippen LogP contribution in [0.5, 0.6) is 5.75 Å². The summed E-state index contributed by atoms with van der Waals surface area (Å²) in [5.74, 6) is -0.116. The molecule has 2 aromatic rings. The molecule has 0 radical (unpaired) electrons. The van der Waals surface area contributed by atoms with Gasteiger partial charge in [0.2, 0.25) is 10.0 Å². The number of nitrogens with one attached hydrogen (secondary N) is 3. The van der Waals surface area contributed by atoms with E-state index in [1.807, 2.05) is 0 Å². The lowest BCUT2D eigenvalue weighted by atomic mass is 10.2. The van der Waals surface area contributed by atoms with Crippen molar-refractivity contribution in [1.82, 2.24) is 4.72 Å². The standard InChI is InChI=1S/C22H27N3O6S/c1-22(2,3)31-21(27)24-18-13-16(10-11-19(18)30-4)23-20(26)14-6-5-7-17(12-14)32(28,29)25-15-8-9-15/h5-7,10-13,15,25H,8-9H2,1-4H3,(H,23,26)(H,24,27). The van der Waals surface area contributed by atoms with Crippen LogP contribution in [0.2, 0.25) is 0 Å². The highest BCUT2D eigenvalue weighted by molar-refractivity contribution is 7.89. The van der Waals surface area contributed by atoms with E-state index in [4.69, 9.17) is 9.47 Å². The Morgan fingerprint density at radius 2 is 1.75 bits per heavy atom. The predicted molar refractivity (Wildman–Crippen MR) is 121 cm³/mol. The lowest BCUT2D eigenvalue weighted by molar-refractivity contribution is 0.0635. The molecule has 2 aromatic carbocycles. The summed E-state index contributed by atoms with van der Waals surface area (Å²) in [7, 11) is -2.22. The molecule has 0 saturated heterocycles. The quantitative estimate of drug-likeness (QED) is 0.577. The first-order valence-electron chi connectivity index (χ1n) is 10.1. The van der Waals surface area contributed by atoms with Crippen molar-refractivity contribution in [1.29, 1.82) is 0 Å². The molecule has 0 aromatic heterocycles. The molecule has 0 atom stereocenters. The van der Waals surface area contributed by atoms with Crippen molar-refractivity contribution in [2.24, 2.45) is 0 Å². The second-order valence-corrected chi connectivity index (χ2v) is 10.1. The Morgan fingerprint density at radius 3 is 2.38 bits per heavy atom. The van der Waals surface area contributed by atoms with Gasteiger partial charge in [0.15, 0.2) is 0 Å². The average Bonchev–Trinajstić information content (AvgIpc) is 3.50. The molecule has 32 heavy (non-hydrogen) atoms. The molecule has 3 N–H and O–H groups in total. The van der Waals surface area contributed by atoms with Crippen molar-refractivity contribution in [3.8, 4) is 5.75 Å². The van der Waals surface area contributed by atoms with E-state index in [1.54, 1.807) is 32.9 Å². The topological polar surface area (TPSA) is 123 Å². The van der Waals surface area contributed by atoms with Gasteiger partial charge in [-0.05, 0) is 70.0 Å². The minimum Gasteiger partial charge on any atom is -0.495 e. The number of hydrogen-bond acceptors (Lipinski definition) is 6. The molecule has 0 heterocycles. The van der Waals surface area contributed by atoms with Gasteiger partial charge in [-0.15, -0.1) is 0 Å². The maximum Gasteiger partial charge on any atom is 0.412 e. The van der Waals surface area contributed by atoms with Gasteiger partial charge in [-0.25, -0.2) is 17.9 Å². The Kier molecular flexibility index (Phi) is 6.75. The van der Waals surface area contributed by atoms with Crippen molar-refractivity contribution in [2.45, 2.75) is 50.2 Å². The number of benzene rings is 2. The first kappa shape index (κ1) is 23.6. The molecule has 2 amide bonds. The number of carbonyl (C=O) groups is 2. The van der Waals surface area contributed by atoms with Crippen LogP contribution in [-0.2, 0) is 14.8 Å². The zero-order chi connectivity index (χ0) is 23.5. The van der Waals surface area contributed by atoms with E-state index >= 15 is 0 Å². The first-order valence-corrected chi connectivity index (χ1v) is 11.6. The van der Waals surface area contributed by atoms with E-state index in [9.17, 15) is 18.0 Å². The highest BCUT2D eigenvalue weighted by Crippen LogP contribution is 2.29. The Bertz CT molecular complexity index is 1120. The summed E-state index contributed by atoms with van der Waals surface area (Å²) in [6.45, 7) is 5.23. The summed E-state index contributed by atoms with van der Waals surface area (Å²) in [5.41, 5.74) is 0.194. The van der Waals surface area contributed by atoms with Gasteiger partial charge < -0.3 is 14.8 Å². The number of hydrogen-bond donors (Lipinski definition) is 3. The Labute approximate surface area is 187 Å². The summed E-state index contributed by atoms with van der Waals surface area (Å²) in [5, 5.41) is 5.30. The molecular formula is C22H27N3O6S. The third-order valence-corrected chi connectivity index (χ3v) is 5.92. The number of carbonyl (C=O) groups excluding carboxylic acids is 2. The lowest BCUT2D eigenvalue weighted by Gasteiger charge is -2.20. The van der Waals surface area contributed by atoms with Gasteiger partial charge in [-0.2, -0.15) is 0 Å². The molecule has 9 nitrogen and oxygen atoms in total. The maximum absolute atomic E-state index is 12.7. The molecule has 3 rings (SSSR count). The van der Waals surface area contributed by atoms with E-state index in [-0.39, 0.29) is 16.5 Å². The summed E-state index contributed by atoms with van der Waals surface area (Å²) < 4.78 is 37.9. The van der Waals surface area contributed by atoms with Gasteiger partial charge in [0.05, 0.1) is 17.7 Å². The maximum atomic E-state index is 12.7. The van der Waals surface area contributed by atoms with Crippen LogP contribution in [0.1, 0.15) is 44.0 Å². The molecule has 1 fully saturated rings. The normalized spacial score (nSPS) is 13.9. The van der Waals surface area contributed by atoms with Gasteiger partial charge in [-0.3, -0.25) is 10.1 Å². The number of methoxy groups -OCH3 is 1. The molecule has 172 valence electrons. The van der Waals surface area contributed by atoms with Crippen LogP contribution in [-0.4, -0.2) is 39.2 Å². The number of rotatable bonds is 7. The van der Waals surface area contributed by atoms with Gasteiger partial charge in [0, 0.05) is 17.3 Å². The molecule has 1 saturated carbocycles. The van der Waals surface area contributed by atoms with Gasteiger partial charge in [0.1, 0.15) is 11.4 Å². The highest BCUT2D eigenvalue weighted by Gasteiger charge is 2.28. The summed E-state index contributed by atoms with van der Waals surface area (Å²) >= 11 is 0. The van der Waals surface area contributed by atoms with E-state index in [0.717, 1.165) is 12.8 Å². The molecule has 10 heteroatoms. The number of sulfonamides is 1. The number of anilines is 2. The fourth-order valence-electron chi connectivity index (χ4n) is 2.79. The minimum atomic E-state index is -3.68. The molecule has 0 bridgehead atoms. The fraction of sp³-hybridized carbons (Fsp3) is 0.364. The third-order valence-electron chi connectivity index (χ3n) is 4.40. The van der Waals surface area contributed by atoms with E-state index in [0.29, 0.717) is 17.1 Å². The largest absolute Gasteiger partial charge is 0.495 e. The van der Waals surface area contributed by atoms with Crippen LogP contribution in [0.15, 0.2) is 47.4 Å². The SMILES string of the molecule is COc1ccc(NC(=O)c2cccc(S(=O)(=O)NC3CC3)c2)cc1NC(=O)OC(C)(C)C. The molecule has 0 unspecified atom stereocenters. The molecule has 1 aliphatic carbocycles. The minimum absolute atomic E-state index is 0.0269. The van der Waals surface area contributed by atoms with E-state index < -0.39 is 27.6 Å². The molecule has 0 aliphatic heterocycles. The lowest BCUT2D eigenvalue weighted by Crippen LogP contribution is -2.27. The Morgan fingerprint density at radius 1 is 1.03 bits per heavy atom. The Hall–Kier alpha value is -3.11. The van der Waals surface area contributed by atoms with Crippen LogP contribution in [0.3, 0.4) is 0 Å². The van der Waals surface area contributed by atoms with Gasteiger partial charge >= 0.3 is 6.09 Å². The second kappa shape index (κ2) is 9.17. The zero-order valence-electron chi connectivity index (χ0n) is 18.4. The third kappa shape index (κ3) is 6.44. The van der Waals surface area contributed by atoms with Crippen molar-refractivity contribution < 1.29 is 27.5 Å². The van der Waals surface area contributed by atoms with Gasteiger partial charge in [-0.1, -0.05) is 6.07 Å². The van der Waals surface area contributed by atoms with Crippen LogP contribution < -0.4 is 20.1 Å². The monoisotopic (exact) mass is 461 g/mol. The predicted octanol–water partition coefficient (Wildman–Crippen LogP) is 3.74. The first-order chi connectivity index (χ1) is 15.0. The number of amides is 2. The van der Waals surface area contributed by atoms with Crippen molar-refractivity contribution in [3.63, 3.8) is 0 Å². The second-order valence-electron chi connectivity index (χ2n) is 8.42. The highest BCUT2D eigenvalue weighted by atomic mass is 32.2. The zero-order valence-corrected chi connectivity index (χ0v) is 19.2. The molecular weight excluding hydrogens is 434 g/mol. The average molecular weight is 462 g/mol. The van der Waals surface area contributed by atoms with Crippen molar-refractivity contribution >= 4 is 33.4 Å².